The fraction of sp³-hybridized carbons (Fsp3) is 0.519. The molecule has 2 aromatic heterocycles. The summed E-state index contributed by atoms with van der Waals surface area (Å²) in [6.45, 7) is 9.90. The van der Waals surface area contributed by atoms with Gasteiger partial charge in [0.1, 0.15) is 5.52 Å². The normalized spacial score (nSPS) is 19.8. The second-order valence-electron chi connectivity index (χ2n) is 9.50. The van der Waals surface area contributed by atoms with Gasteiger partial charge in [-0.25, -0.2) is 9.78 Å². The summed E-state index contributed by atoms with van der Waals surface area (Å²) in [6, 6.07) is 9.11. The zero-order valence-electron chi connectivity index (χ0n) is 21.9. The van der Waals surface area contributed by atoms with Crippen molar-refractivity contribution in [2.75, 3.05) is 24.6 Å². The highest BCUT2D eigenvalue weighted by molar-refractivity contribution is 5.86. The zero-order valence-corrected chi connectivity index (χ0v) is 21.9. The molecule has 0 spiro atoms. The summed E-state index contributed by atoms with van der Waals surface area (Å²) in [5.74, 6) is 1.03. The molecule has 1 aliphatic rings. The number of anilines is 1. The van der Waals surface area contributed by atoms with Gasteiger partial charge in [0.25, 0.3) is 0 Å². The van der Waals surface area contributed by atoms with E-state index < -0.39 is 11.7 Å². The molecule has 0 amide bonds. The average molecular weight is 518 g/mol. The molecule has 200 valence electrons. The minimum Gasteiger partial charge on any atom is -0.478 e. The minimum absolute atomic E-state index is 0.0417. The van der Waals surface area contributed by atoms with Gasteiger partial charge in [0.2, 0.25) is 5.88 Å². The van der Waals surface area contributed by atoms with Crippen molar-refractivity contribution in [1.82, 2.24) is 19.4 Å². The van der Waals surface area contributed by atoms with E-state index in [1.54, 1.807) is 25.2 Å². The van der Waals surface area contributed by atoms with Crippen LogP contribution < -0.4 is 15.3 Å². The van der Waals surface area contributed by atoms with E-state index in [0.29, 0.717) is 42.4 Å². The van der Waals surface area contributed by atoms with E-state index in [-0.39, 0.29) is 23.8 Å². The number of piperazine rings is 1. The maximum atomic E-state index is 13.1. The average Bonchev–Trinajstić information content (AvgIpc) is 2.89. The number of aromatic nitrogens is 3. The van der Waals surface area contributed by atoms with Crippen molar-refractivity contribution in [3.05, 3.63) is 58.0 Å². The molecule has 0 saturated carbocycles. The SMILES string of the molecule is CCOc1ccc2c(n1)c(N1C[C@@H](CC)N(C(C)c3ccc(C(F)(F)F)cc3)CC1CC)nc(=O)n2C. The number of hydrogen-bond donors (Lipinski definition) is 0. The van der Waals surface area contributed by atoms with E-state index in [4.69, 9.17) is 9.72 Å². The molecule has 2 unspecified atom stereocenters. The highest BCUT2D eigenvalue weighted by Gasteiger charge is 2.37. The monoisotopic (exact) mass is 517 g/mol. The number of hydrogen-bond acceptors (Lipinski definition) is 6. The number of halogens is 3. The van der Waals surface area contributed by atoms with Gasteiger partial charge < -0.3 is 9.64 Å². The molecule has 1 saturated heterocycles. The number of ether oxygens (including phenoxy) is 1. The number of pyridine rings is 1. The number of benzene rings is 1. The standard InChI is InChI=1S/C27H34F3N5O2/c1-6-20-16-35(25-24-22(33(5)26(36)32-25)13-14-23(31-24)37-8-3)21(7-2)15-34(20)17(4)18-9-11-19(12-10-18)27(28,29)30/h9-14,17,20-21H,6-8,15-16H2,1-5H3/t17?,20-,21?/m1/s1. The first-order chi connectivity index (χ1) is 17.6. The molecule has 0 aliphatic carbocycles. The fourth-order valence-electron chi connectivity index (χ4n) is 5.18. The van der Waals surface area contributed by atoms with Gasteiger partial charge in [0.15, 0.2) is 5.82 Å². The van der Waals surface area contributed by atoms with Gasteiger partial charge >= 0.3 is 11.9 Å². The van der Waals surface area contributed by atoms with E-state index in [2.05, 4.69) is 28.6 Å². The second kappa shape index (κ2) is 10.7. The predicted molar refractivity (Wildman–Crippen MR) is 138 cm³/mol. The van der Waals surface area contributed by atoms with E-state index >= 15 is 0 Å². The summed E-state index contributed by atoms with van der Waals surface area (Å²) in [4.78, 5) is 26.5. The van der Waals surface area contributed by atoms with Crippen LogP contribution >= 0.6 is 0 Å². The smallest absolute Gasteiger partial charge is 0.416 e. The summed E-state index contributed by atoms with van der Waals surface area (Å²) in [6.07, 6.45) is -2.72. The van der Waals surface area contributed by atoms with Crippen LogP contribution in [0.15, 0.2) is 41.2 Å². The summed E-state index contributed by atoms with van der Waals surface area (Å²) in [5.41, 5.74) is 1.15. The summed E-state index contributed by atoms with van der Waals surface area (Å²) >= 11 is 0. The Hall–Kier alpha value is -3.14. The molecule has 4 rings (SSSR count). The second-order valence-corrected chi connectivity index (χ2v) is 9.50. The molecule has 3 aromatic rings. The number of nitrogens with zero attached hydrogens (tertiary/aromatic N) is 5. The molecule has 1 aliphatic heterocycles. The Bertz CT molecular complexity index is 1290. The van der Waals surface area contributed by atoms with Crippen molar-refractivity contribution < 1.29 is 17.9 Å². The Balaban J connectivity index is 1.70. The Morgan fingerprint density at radius 1 is 1.00 bits per heavy atom. The van der Waals surface area contributed by atoms with Crippen molar-refractivity contribution in [2.45, 2.75) is 64.8 Å². The van der Waals surface area contributed by atoms with Crippen LogP contribution in [0.1, 0.15) is 57.7 Å². The van der Waals surface area contributed by atoms with Gasteiger partial charge in [0, 0.05) is 44.3 Å². The van der Waals surface area contributed by atoms with E-state index in [1.165, 1.54) is 4.57 Å². The molecule has 0 radical (unpaired) electrons. The fourth-order valence-corrected chi connectivity index (χ4v) is 5.18. The van der Waals surface area contributed by atoms with Crippen molar-refractivity contribution in [3.8, 4) is 5.88 Å². The predicted octanol–water partition coefficient (Wildman–Crippen LogP) is 5.19. The van der Waals surface area contributed by atoms with Crippen molar-refractivity contribution in [2.24, 2.45) is 7.05 Å². The number of alkyl halides is 3. The molecular weight excluding hydrogens is 483 g/mol. The number of fused-ring (bicyclic) bond motifs is 1. The molecule has 10 heteroatoms. The largest absolute Gasteiger partial charge is 0.478 e. The summed E-state index contributed by atoms with van der Waals surface area (Å²) in [7, 11) is 1.68. The quantitative estimate of drug-likeness (QED) is 0.430. The van der Waals surface area contributed by atoms with Gasteiger partial charge in [-0.05, 0) is 50.5 Å². The van der Waals surface area contributed by atoms with Crippen molar-refractivity contribution >= 4 is 16.9 Å². The van der Waals surface area contributed by atoms with Gasteiger partial charge in [0.05, 0.1) is 17.7 Å². The topological polar surface area (TPSA) is 63.5 Å². The van der Waals surface area contributed by atoms with Crippen LogP contribution in [0.4, 0.5) is 19.0 Å². The van der Waals surface area contributed by atoms with Crippen LogP contribution in [0.2, 0.25) is 0 Å². The summed E-state index contributed by atoms with van der Waals surface area (Å²) < 4.78 is 46.3. The Morgan fingerprint density at radius 3 is 2.27 bits per heavy atom. The van der Waals surface area contributed by atoms with E-state index in [9.17, 15) is 18.0 Å². The van der Waals surface area contributed by atoms with Crippen molar-refractivity contribution in [1.29, 1.82) is 0 Å². The Kier molecular flexibility index (Phi) is 7.77. The molecule has 3 heterocycles. The molecule has 1 aromatic carbocycles. The molecule has 1 fully saturated rings. The minimum atomic E-state index is -4.36. The third kappa shape index (κ3) is 5.30. The Morgan fingerprint density at radius 2 is 1.68 bits per heavy atom. The third-order valence-corrected chi connectivity index (χ3v) is 7.37. The Labute approximate surface area is 214 Å². The molecule has 37 heavy (non-hydrogen) atoms. The van der Waals surface area contributed by atoms with Gasteiger partial charge in [-0.3, -0.25) is 9.47 Å². The first-order valence-electron chi connectivity index (χ1n) is 12.8. The van der Waals surface area contributed by atoms with E-state index in [0.717, 1.165) is 30.5 Å². The number of aryl methyl sites for hydroxylation is 1. The van der Waals surface area contributed by atoms with Crippen molar-refractivity contribution in [3.63, 3.8) is 0 Å². The van der Waals surface area contributed by atoms with Gasteiger partial charge in [-0.15, -0.1) is 0 Å². The highest BCUT2D eigenvalue weighted by atomic mass is 19.4. The lowest BCUT2D eigenvalue weighted by atomic mass is 9.96. The highest BCUT2D eigenvalue weighted by Crippen LogP contribution is 2.35. The first-order valence-corrected chi connectivity index (χ1v) is 12.8. The maximum Gasteiger partial charge on any atom is 0.416 e. The van der Waals surface area contributed by atoms with Gasteiger partial charge in [-0.2, -0.15) is 18.2 Å². The van der Waals surface area contributed by atoms with Gasteiger partial charge in [-0.1, -0.05) is 26.0 Å². The van der Waals surface area contributed by atoms with E-state index in [1.807, 2.05) is 19.9 Å². The lowest BCUT2D eigenvalue weighted by molar-refractivity contribution is -0.137. The van der Waals surface area contributed by atoms with Crippen LogP contribution in [0.5, 0.6) is 5.88 Å². The molecule has 3 atom stereocenters. The maximum absolute atomic E-state index is 13.1. The lowest BCUT2D eigenvalue weighted by Gasteiger charge is -2.49. The zero-order chi connectivity index (χ0) is 26.9. The van der Waals surface area contributed by atoms with Crippen LogP contribution in [-0.4, -0.2) is 51.2 Å². The van der Waals surface area contributed by atoms with Crippen LogP contribution in [-0.2, 0) is 13.2 Å². The first kappa shape index (κ1) is 26.9. The lowest BCUT2D eigenvalue weighted by Crippen LogP contribution is -2.59. The molecule has 7 nitrogen and oxygen atoms in total. The summed E-state index contributed by atoms with van der Waals surface area (Å²) in [5, 5.41) is 0. The molecule has 0 N–H and O–H groups in total. The van der Waals surface area contributed by atoms with Crippen LogP contribution in [0, 0.1) is 0 Å². The number of rotatable bonds is 7. The molecule has 0 bridgehead atoms. The van der Waals surface area contributed by atoms with Crippen LogP contribution in [0.25, 0.3) is 11.0 Å². The molecular formula is C27H34F3N5O2. The van der Waals surface area contributed by atoms with Crippen LogP contribution in [0.3, 0.4) is 0 Å². The third-order valence-electron chi connectivity index (χ3n) is 7.37.